The summed E-state index contributed by atoms with van der Waals surface area (Å²) < 4.78 is 5.40. The van der Waals surface area contributed by atoms with E-state index < -0.39 is 17.6 Å². The van der Waals surface area contributed by atoms with Gasteiger partial charge in [-0.05, 0) is 44.7 Å². The molecule has 29 heavy (non-hydrogen) atoms. The van der Waals surface area contributed by atoms with Crippen molar-refractivity contribution in [2.75, 3.05) is 13.1 Å². The smallest absolute Gasteiger partial charge is 0.410 e. The minimum atomic E-state index is -1.02. The summed E-state index contributed by atoms with van der Waals surface area (Å²) in [6, 6.07) is 8.09. The van der Waals surface area contributed by atoms with E-state index in [9.17, 15) is 19.5 Å². The Bertz CT molecular complexity index is 872. The van der Waals surface area contributed by atoms with Crippen molar-refractivity contribution in [3.05, 3.63) is 42.0 Å². The molecule has 2 amide bonds. The van der Waals surface area contributed by atoms with Gasteiger partial charge in [0.25, 0.3) is 0 Å². The fourth-order valence-electron chi connectivity index (χ4n) is 4.69. The van der Waals surface area contributed by atoms with E-state index in [1.54, 1.807) is 4.90 Å². The number of carboxylic acids is 1. The van der Waals surface area contributed by atoms with Crippen LogP contribution >= 0.6 is 0 Å². The van der Waals surface area contributed by atoms with Gasteiger partial charge in [0.15, 0.2) is 6.04 Å². The number of likely N-dealkylation sites (tertiary alicyclic amines) is 1. The molecule has 7 heteroatoms. The van der Waals surface area contributed by atoms with Gasteiger partial charge in [0.1, 0.15) is 5.60 Å². The first-order valence-electron chi connectivity index (χ1n) is 9.89. The van der Waals surface area contributed by atoms with Gasteiger partial charge in [-0.2, -0.15) is 0 Å². The Morgan fingerprint density at radius 2 is 1.76 bits per heavy atom. The van der Waals surface area contributed by atoms with E-state index in [-0.39, 0.29) is 23.5 Å². The fourth-order valence-corrected chi connectivity index (χ4v) is 4.69. The van der Waals surface area contributed by atoms with Crippen LogP contribution in [0.1, 0.15) is 39.2 Å². The summed E-state index contributed by atoms with van der Waals surface area (Å²) >= 11 is 0. The lowest BCUT2D eigenvalue weighted by Crippen LogP contribution is -2.69. The van der Waals surface area contributed by atoms with E-state index in [1.807, 2.05) is 51.1 Å². The molecule has 1 aliphatic carbocycles. The maximum Gasteiger partial charge on any atom is 0.410 e. The molecule has 0 radical (unpaired) electrons. The van der Waals surface area contributed by atoms with Gasteiger partial charge < -0.3 is 19.6 Å². The quantitative estimate of drug-likeness (QED) is 0.846. The van der Waals surface area contributed by atoms with E-state index in [2.05, 4.69) is 0 Å². The molecule has 7 nitrogen and oxygen atoms in total. The van der Waals surface area contributed by atoms with Crippen molar-refractivity contribution in [1.82, 2.24) is 9.80 Å². The zero-order valence-corrected chi connectivity index (χ0v) is 16.9. The number of rotatable bonds is 3. The van der Waals surface area contributed by atoms with Gasteiger partial charge >= 0.3 is 12.1 Å². The molecule has 1 atom stereocenters. The van der Waals surface area contributed by atoms with Crippen molar-refractivity contribution in [3.63, 3.8) is 0 Å². The minimum Gasteiger partial charge on any atom is -0.479 e. The first kappa shape index (κ1) is 19.5. The predicted octanol–water partition coefficient (Wildman–Crippen LogP) is 2.76. The molecule has 2 heterocycles. The molecule has 1 unspecified atom stereocenters. The second-order valence-corrected chi connectivity index (χ2v) is 9.35. The van der Waals surface area contributed by atoms with Crippen LogP contribution in [0.2, 0.25) is 0 Å². The lowest BCUT2D eigenvalue weighted by atomic mass is 9.60. The second kappa shape index (κ2) is 6.61. The molecule has 3 aliphatic rings. The standard InChI is InChI=1S/C22H26N2O5/c1-21(2,3)29-20(28)23-12-22(13-23)10-15(11-22)24-17(25)9-16(18(24)19(26)27)14-7-5-4-6-8-14/h4-9,15,18H,10-13H2,1-3H3,(H,26,27). The van der Waals surface area contributed by atoms with Crippen LogP contribution < -0.4 is 0 Å². The highest BCUT2D eigenvalue weighted by Gasteiger charge is 2.58. The molecular formula is C22H26N2O5. The lowest BCUT2D eigenvalue weighted by Gasteiger charge is -2.60. The molecular weight excluding hydrogens is 372 g/mol. The fraction of sp³-hybridized carbons (Fsp3) is 0.500. The molecule has 4 rings (SSSR count). The van der Waals surface area contributed by atoms with Crippen LogP contribution in [0, 0.1) is 5.41 Å². The molecule has 0 bridgehead atoms. The van der Waals surface area contributed by atoms with Crippen molar-refractivity contribution in [2.45, 2.75) is 51.3 Å². The molecule has 1 N–H and O–H groups in total. The van der Waals surface area contributed by atoms with Crippen molar-refractivity contribution in [3.8, 4) is 0 Å². The third-order valence-corrected chi connectivity index (χ3v) is 5.88. The third-order valence-electron chi connectivity index (χ3n) is 5.88. The van der Waals surface area contributed by atoms with Crippen LogP contribution in [0.5, 0.6) is 0 Å². The van der Waals surface area contributed by atoms with Crippen LogP contribution in [0.15, 0.2) is 36.4 Å². The van der Waals surface area contributed by atoms with Crippen molar-refractivity contribution >= 4 is 23.5 Å². The van der Waals surface area contributed by atoms with Crippen molar-refractivity contribution in [1.29, 1.82) is 0 Å². The average Bonchev–Trinajstić information content (AvgIpc) is 2.89. The molecule has 2 aliphatic heterocycles. The van der Waals surface area contributed by atoms with Gasteiger partial charge in [0.2, 0.25) is 5.91 Å². The van der Waals surface area contributed by atoms with Gasteiger partial charge in [0, 0.05) is 30.6 Å². The Morgan fingerprint density at radius 1 is 1.14 bits per heavy atom. The highest BCUT2D eigenvalue weighted by molar-refractivity contribution is 6.09. The summed E-state index contributed by atoms with van der Waals surface area (Å²) in [5.41, 5.74) is 0.732. The highest BCUT2D eigenvalue weighted by atomic mass is 16.6. The van der Waals surface area contributed by atoms with Crippen LogP contribution in [-0.4, -0.2) is 63.7 Å². The first-order valence-corrected chi connectivity index (χ1v) is 9.89. The Labute approximate surface area is 169 Å². The van der Waals surface area contributed by atoms with Crippen LogP contribution in [0.4, 0.5) is 4.79 Å². The van der Waals surface area contributed by atoms with Gasteiger partial charge in [0.05, 0.1) is 0 Å². The van der Waals surface area contributed by atoms with Crippen LogP contribution in [0.3, 0.4) is 0 Å². The number of aliphatic carboxylic acids is 1. The van der Waals surface area contributed by atoms with E-state index in [1.165, 1.54) is 11.0 Å². The number of carboxylic acid groups (broad SMARTS) is 1. The molecule has 1 aromatic rings. The van der Waals surface area contributed by atoms with Gasteiger partial charge in [-0.25, -0.2) is 9.59 Å². The SMILES string of the molecule is CC(C)(C)OC(=O)N1CC2(CC(N3C(=O)C=C(c4ccccc4)C3C(=O)O)C2)C1. The molecule has 2 fully saturated rings. The number of ether oxygens (including phenoxy) is 1. The minimum absolute atomic E-state index is 0.0274. The largest absolute Gasteiger partial charge is 0.479 e. The van der Waals surface area contributed by atoms with E-state index in [0.717, 1.165) is 5.56 Å². The van der Waals surface area contributed by atoms with Crippen molar-refractivity contribution < 1.29 is 24.2 Å². The maximum absolute atomic E-state index is 12.7. The normalized spacial score (nSPS) is 23.5. The van der Waals surface area contributed by atoms with Crippen LogP contribution in [-0.2, 0) is 14.3 Å². The topological polar surface area (TPSA) is 87.2 Å². The zero-order chi connectivity index (χ0) is 21.0. The summed E-state index contributed by atoms with van der Waals surface area (Å²) in [6.07, 6.45) is 2.54. The van der Waals surface area contributed by atoms with Crippen molar-refractivity contribution in [2.24, 2.45) is 5.41 Å². The number of hydrogen-bond donors (Lipinski definition) is 1. The zero-order valence-electron chi connectivity index (χ0n) is 16.9. The van der Waals surface area contributed by atoms with E-state index in [4.69, 9.17) is 4.74 Å². The van der Waals surface area contributed by atoms with Gasteiger partial charge in [-0.3, -0.25) is 4.79 Å². The van der Waals surface area contributed by atoms with Crippen LogP contribution in [0.25, 0.3) is 5.57 Å². The summed E-state index contributed by atoms with van der Waals surface area (Å²) in [7, 11) is 0. The van der Waals surface area contributed by atoms with Gasteiger partial charge in [-0.15, -0.1) is 0 Å². The number of hydrogen-bond acceptors (Lipinski definition) is 4. The van der Waals surface area contributed by atoms with E-state index in [0.29, 0.717) is 31.5 Å². The highest BCUT2D eigenvalue weighted by Crippen LogP contribution is 2.52. The van der Waals surface area contributed by atoms with E-state index >= 15 is 0 Å². The lowest BCUT2D eigenvalue weighted by molar-refractivity contribution is -0.156. The maximum atomic E-state index is 12.7. The first-order chi connectivity index (χ1) is 13.6. The number of nitrogens with zero attached hydrogens (tertiary/aromatic N) is 2. The summed E-state index contributed by atoms with van der Waals surface area (Å²) in [6.45, 7) is 6.70. The summed E-state index contributed by atoms with van der Waals surface area (Å²) in [4.78, 5) is 40.0. The second-order valence-electron chi connectivity index (χ2n) is 9.35. The number of carbonyl (C=O) groups is 3. The molecule has 1 saturated carbocycles. The summed E-state index contributed by atoms with van der Waals surface area (Å²) in [5, 5.41) is 9.82. The summed E-state index contributed by atoms with van der Waals surface area (Å²) in [5.74, 6) is -1.27. The predicted molar refractivity (Wildman–Crippen MR) is 106 cm³/mol. The number of amides is 2. The Hall–Kier alpha value is -2.83. The molecule has 1 aromatic carbocycles. The number of benzene rings is 1. The third kappa shape index (κ3) is 3.50. The number of carbonyl (C=O) groups excluding carboxylic acids is 2. The molecule has 1 spiro atoms. The molecule has 1 saturated heterocycles. The Morgan fingerprint density at radius 3 is 2.31 bits per heavy atom. The Balaban J connectivity index is 1.41. The monoisotopic (exact) mass is 398 g/mol. The van der Waals surface area contributed by atoms with Gasteiger partial charge in [-0.1, -0.05) is 30.3 Å². The average molecular weight is 398 g/mol. The molecule has 0 aromatic heterocycles. The Kier molecular flexibility index (Phi) is 4.44. The molecule has 154 valence electrons.